The minimum Gasteiger partial charge on any atom is -0.392 e. The summed E-state index contributed by atoms with van der Waals surface area (Å²) < 4.78 is 5.77. The van der Waals surface area contributed by atoms with Crippen molar-refractivity contribution in [1.82, 2.24) is 5.32 Å². The van der Waals surface area contributed by atoms with Crippen LogP contribution in [0.2, 0.25) is 0 Å². The third-order valence-corrected chi connectivity index (χ3v) is 4.42. The predicted molar refractivity (Wildman–Crippen MR) is 68.9 cm³/mol. The lowest BCUT2D eigenvalue weighted by molar-refractivity contribution is -0.114. The minimum atomic E-state index is -0.216. The molecule has 0 bridgehead atoms. The maximum Gasteiger partial charge on any atom is 0.0685 e. The number of aliphatic hydroxyl groups excluding tert-OH is 1. The Morgan fingerprint density at radius 2 is 2.12 bits per heavy atom. The van der Waals surface area contributed by atoms with Crippen LogP contribution in [0.1, 0.15) is 40.5 Å². The molecule has 0 aromatic carbocycles. The molecule has 0 aromatic heterocycles. The number of ether oxygens (including phenoxy) is 1. The highest BCUT2D eigenvalue weighted by atomic mass is 16.5. The number of hydrogen-bond acceptors (Lipinski definition) is 3. The highest BCUT2D eigenvalue weighted by Crippen LogP contribution is 2.52. The summed E-state index contributed by atoms with van der Waals surface area (Å²) >= 11 is 0. The van der Waals surface area contributed by atoms with E-state index >= 15 is 0 Å². The van der Waals surface area contributed by atoms with E-state index in [-0.39, 0.29) is 11.5 Å². The molecule has 2 aliphatic rings. The van der Waals surface area contributed by atoms with E-state index in [2.05, 4.69) is 33.0 Å². The highest BCUT2D eigenvalue weighted by molar-refractivity contribution is 5.11. The molecule has 4 atom stereocenters. The molecule has 1 saturated heterocycles. The van der Waals surface area contributed by atoms with Gasteiger partial charge in [-0.05, 0) is 18.8 Å². The Balaban J connectivity index is 1.79. The quantitative estimate of drug-likeness (QED) is 0.771. The first-order valence-corrected chi connectivity index (χ1v) is 6.96. The fourth-order valence-corrected chi connectivity index (χ4v) is 3.63. The van der Waals surface area contributed by atoms with Crippen LogP contribution in [0, 0.1) is 17.3 Å². The number of aliphatic hydroxyl groups is 1. The summed E-state index contributed by atoms with van der Waals surface area (Å²) in [5.74, 6) is 1.22. The highest BCUT2D eigenvalue weighted by Gasteiger charge is 2.58. The Labute approximate surface area is 105 Å². The molecule has 1 aliphatic heterocycles. The van der Waals surface area contributed by atoms with Gasteiger partial charge in [-0.2, -0.15) is 0 Å². The van der Waals surface area contributed by atoms with Gasteiger partial charge in [-0.15, -0.1) is 0 Å². The molecule has 2 N–H and O–H groups in total. The normalized spacial score (nSPS) is 36.7. The summed E-state index contributed by atoms with van der Waals surface area (Å²) in [6.07, 6.45) is 2.27. The topological polar surface area (TPSA) is 41.5 Å². The molecule has 1 saturated carbocycles. The molecule has 0 amide bonds. The Morgan fingerprint density at radius 1 is 1.41 bits per heavy atom. The van der Waals surface area contributed by atoms with E-state index in [0.717, 1.165) is 19.6 Å². The van der Waals surface area contributed by atoms with Gasteiger partial charge in [-0.25, -0.2) is 0 Å². The molecule has 1 heterocycles. The Morgan fingerprint density at radius 3 is 2.76 bits per heavy atom. The van der Waals surface area contributed by atoms with Gasteiger partial charge in [-0.3, -0.25) is 0 Å². The van der Waals surface area contributed by atoms with Gasteiger partial charge in [0, 0.05) is 30.5 Å². The molecule has 0 spiro atoms. The van der Waals surface area contributed by atoms with Crippen LogP contribution < -0.4 is 5.32 Å². The Hall–Kier alpha value is -0.120. The molecule has 100 valence electrons. The third kappa shape index (κ3) is 2.51. The predicted octanol–water partition coefficient (Wildman–Crippen LogP) is 1.80. The van der Waals surface area contributed by atoms with Crippen molar-refractivity contribution in [1.29, 1.82) is 0 Å². The molecule has 0 radical (unpaired) electrons. The lowest BCUT2D eigenvalue weighted by Gasteiger charge is -2.55. The van der Waals surface area contributed by atoms with Gasteiger partial charge >= 0.3 is 0 Å². The van der Waals surface area contributed by atoms with Crippen LogP contribution in [-0.4, -0.2) is 36.5 Å². The van der Waals surface area contributed by atoms with Crippen molar-refractivity contribution in [2.75, 3.05) is 13.2 Å². The molecule has 2 rings (SSSR count). The summed E-state index contributed by atoms with van der Waals surface area (Å²) in [6, 6.07) is 0.511. The lowest BCUT2D eigenvalue weighted by Crippen LogP contribution is -2.66. The smallest absolute Gasteiger partial charge is 0.0685 e. The molecule has 1 aliphatic carbocycles. The summed E-state index contributed by atoms with van der Waals surface area (Å²) in [6.45, 7) is 10.5. The second kappa shape index (κ2) is 4.87. The number of hydrogen-bond donors (Lipinski definition) is 2. The van der Waals surface area contributed by atoms with E-state index in [9.17, 15) is 5.11 Å². The zero-order chi connectivity index (χ0) is 12.6. The lowest BCUT2D eigenvalue weighted by atomic mass is 9.57. The number of fused-ring (bicyclic) bond motifs is 1. The molecule has 3 heteroatoms. The molecule has 4 unspecified atom stereocenters. The van der Waals surface area contributed by atoms with Gasteiger partial charge in [0.15, 0.2) is 0 Å². The van der Waals surface area contributed by atoms with Crippen molar-refractivity contribution in [3.05, 3.63) is 0 Å². The van der Waals surface area contributed by atoms with Crippen LogP contribution in [0.5, 0.6) is 0 Å². The third-order valence-electron chi connectivity index (χ3n) is 4.42. The SMILES string of the molecule is CC(C)CC(O)CNC1C2CCOC2C1(C)C. The second-order valence-corrected chi connectivity index (χ2v) is 6.73. The van der Waals surface area contributed by atoms with Gasteiger partial charge in [-0.1, -0.05) is 27.7 Å². The first kappa shape index (κ1) is 13.3. The molecular formula is C14H27NO2. The minimum absolute atomic E-state index is 0.216. The molecule has 3 nitrogen and oxygen atoms in total. The molecule has 2 fully saturated rings. The largest absolute Gasteiger partial charge is 0.392 e. The summed E-state index contributed by atoms with van der Waals surface area (Å²) in [5.41, 5.74) is 0.221. The molecular weight excluding hydrogens is 214 g/mol. The van der Waals surface area contributed by atoms with Crippen molar-refractivity contribution in [3.8, 4) is 0 Å². The first-order chi connectivity index (χ1) is 7.93. The van der Waals surface area contributed by atoms with Crippen LogP contribution in [-0.2, 0) is 4.74 Å². The van der Waals surface area contributed by atoms with E-state index in [1.165, 1.54) is 6.42 Å². The summed E-state index contributed by atoms with van der Waals surface area (Å²) in [5, 5.41) is 13.5. The van der Waals surface area contributed by atoms with Crippen molar-refractivity contribution in [3.63, 3.8) is 0 Å². The van der Waals surface area contributed by atoms with Gasteiger partial charge in [0.05, 0.1) is 12.2 Å². The Bertz CT molecular complexity index is 265. The van der Waals surface area contributed by atoms with E-state index in [1.54, 1.807) is 0 Å². The van der Waals surface area contributed by atoms with E-state index in [4.69, 9.17) is 4.74 Å². The van der Waals surface area contributed by atoms with Gasteiger partial charge in [0.25, 0.3) is 0 Å². The van der Waals surface area contributed by atoms with Crippen LogP contribution in [0.3, 0.4) is 0 Å². The van der Waals surface area contributed by atoms with Crippen LogP contribution >= 0.6 is 0 Å². The summed E-state index contributed by atoms with van der Waals surface area (Å²) in [7, 11) is 0. The zero-order valence-electron chi connectivity index (χ0n) is 11.6. The first-order valence-electron chi connectivity index (χ1n) is 6.96. The fraction of sp³-hybridized carbons (Fsp3) is 1.00. The fourth-order valence-electron chi connectivity index (χ4n) is 3.63. The average Bonchev–Trinajstić information content (AvgIpc) is 2.62. The number of rotatable bonds is 5. The standard InChI is InChI=1S/C14H27NO2/c1-9(2)7-10(16)8-15-12-11-5-6-17-13(11)14(12,3)4/h9-13,15-16H,5-8H2,1-4H3. The Kier molecular flexibility index (Phi) is 3.81. The van der Waals surface area contributed by atoms with Gasteiger partial charge in [0.1, 0.15) is 0 Å². The van der Waals surface area contributed by atoms with Crippen LogP contribution in [0.4, 0.5) is 0 Å². The van der Waals surface area contributed by atoms with Crippen LogP contribution in [0.15, 0.2) is 0 Å². The maximum atomic E-state index is 9.91. The van der Waals surface area contributed by atoms with E-state index in [1.807, 2.05) is 0 Å². The average molecular weight is 241 g/mol. The number of nitrogens with one attached hydrogen (secondary N) is 1. The van der Waals surface area contributed by atoms with Crippen molar-refractivity contribution >= 4 is 0 Å². The van der Waals surface area contributed by atoms with Crippen molar-refractivity contribution < 1.29 is 9.84 Å². The van der Waals surface area contributed by atoms with Crippen molar-refractivity contribution in [2.24, 2.45) is 17.3 Å². The van der Waals surface area contributed by atoms with E-state index < -0.39 is 0 Å². The molecule has 0 aromatic rings. The monoisotopic (exact) mass is 241 g/mol. The van der Waals surface area contributed by atoms with Crippen molar-refractivity contribution in [2.45, 2.75) is 58.8 Å². The second-order valence-electron chi connectivity index (χ2n) is 6.73. The molecule has 17 heavy (non-hydrogen) atoms. The maximum absolute atomic E-state index is 9.91. The zero-order valence-corrected chi connectivity index (χ0v) is 11.6. The van der Waals surface area contributed by atoms with Crippen LogP contribution in [0.25, 0.3) is 0 Å². The van der Waals surface area contributed by atoms with Gasteiger partial charge < -0.3 is 15.2 Å². The van der Waals surface area contributed by atoms with Gasteiger partial charge in [0.2, 0.25) is 0 Å². The van der Waals surface area contributed by atoms with E-state index in [0.29, 0.717) is 24.0 Å². The summed E-state index contributed by atoms with van der Waals surface area (Å²) in [4.78, 5) is 0.